The fraction of sp³-hybridized carbons (Fsp3) is 0.360. The summed E-state index contributed by atoms with van der Waals surface area (Å²) in [7, 11) is 0. The number of likely N-dealkylation sites (tertiary alicyclic amines) is 1. The zero-order chi connectivity index (χ0) is 24.1. The van der Waals surface area contributed by atoms with E-state index in [4.69, 9.17) is 0 Å². The van der Waals surface area contributed by atoms with Crippen molar-refractivity contribution in [1.29, 1.82) is 0 Å². The Balaban J connectivity index is 1.36. The van der Waals surface area contributed by atoms with Gasteiger partial charge in [-0.3, -0.25) is 19.4 Å². The summed E-state index contributed by atoms with van der Waals surface area (Å²) in [5, 5.41) is 2.86. The maximum atomic E-state index is 12.9. The predicted octanol–water partition coefficient (Wildman–Crippen LogP) is 2.65. The Morgan fingerprint density at radius 1 is 1.15 bits per heavy atom. The third-order valence-corrected chi connectivity index (χ3v) is 6.05. The van der Waals surface area contributed by atoms with E-state index in [0.29, 0.717) is 42.4 Å². The maximum absolute atomic E-state index is 12.9. The maximum Gasteiger partial charge on any atom is 0.254 e. The van der Waals surface area contributed by atoms with Crippen molar-refractivity contribution in [3.8, 4) is 11.4 Å². The number of aromatic nitrogens is 4. The van der Waals surface area contributed by atoms with E-state index in [1.807, 2.05) is 19.1 Å². The number of carbonyl (C=O) groups excluding carboxylic acids is 2. The number of piperidine rings is 1. The lowest BCUT2D eigenvalue weighted by Crippen LogP contribution is -2.44. The molecule has 9 heteroatoms. The van der Waals surface area contributed by atoms with Crippen LogP contribution >= 0.6 is 0 Å². The van der Waals surface area contributed by atoms with Gasteiger partial charge < -0.3 is 15.2 Å². The van der Waals surface area contributed by atoms with Crippen LogP contribution in [0.4, 0.5) is 5.82 Å². The minimum atomic E-state index is -0.286. The molecule has 2 amide bonds. The second-order valence-electron chi connectivity index (χ2n) is 8.55. The van der Waals surface area contributed by atoms with Crippen LogP contribution in [0.2, 0.25) is 0 Å². The highest BCUT2D eigenvalue weighted by Crippen LogP contribution is 2.20. The number of H-pyrrole nitrogens is 1. The average molecular weight is 461 g/mol. The monoisotopic (exact) mass is 460 g/mol. The van der Waals surface area contributed by atoms with Crippen LogP contribution in [0.3, 0.4) is 0 Å². The van der Waals surface area contributed by atoms with Crippen LogP contribution in [0.1, 0.15) is 36.2 Å². The molecule has 0 aromatic carbocycles. The summed E-state index contributed by atoms with van der Waals surface area (Å²) in [6.07, 6.45) is 5.24. The summed E-state index contributed by atoms with van der Waals surface area (Å²) in [6.45, 7) is 4.62. The van der Waals surface area contributed by atoms with Gasteiger partial charge in [0.15, 0.2) is 0 Å². The third kappa shape index (κ3) is 5.54. The number of carbonyl (C=O) groups is 2. The summed E-state index contributed by atoms with van der Waals surface area (Å²) in [4.78, 5) is 55.6. The van der Waals surface area contributed by atoms with E-state index < -0.39 is 0 Å². The number of nitrogens with one attached hydrogen (secondary N) is 2. The van der Waals surface area contributed by atoms with Crippen LogP contribution in [-0.4, -0.2) is 49.7 Å². The van der Waals surface area contributed by atoms with Crippen molar-refractivity contribution in [2.24, 2.45) is 5.92 Å². The van der Waals surface area contributed by atoms with E-state index in [9.17, 15) is 14.4 Å². The van der Waals surface area contributed by atoms with Crippen molar-refractivity contribution >= 4 is 17.6 Å². The summed E-state index contributed by atoms with van der Waals surface area (Å²) in [5.74, 6) is 0.521. The molecule has 0 saturated carbocycles. The molecule has 176 valence electrons. The third-order valence-electron chi connectivity index (χ3n) is 6.05. The molecule has 1 aliphatic rings. The number of pyridine rings is 2. The molecule has 1 atom stereocenters. The molecule has 1 aliphatic heterocycles. The zero-order valence-corrected chi connectivity index (χ0v) is 19.4. The van der Waals surface area contributed by atoms with E-state index in [-0.39, 0.29) is 29.7 Å². The topological polar surface area (TPSA) is 121 Å². The Hall–Kier alpha value is -3.88. The molecule has 0 bridgehead atoms. The number of rotatable bonds is 6. The lowest BCUT2D eigenvalue weighted by atomic mass is 9.96. The number of aryl methyl sites for hydroxylation is 2. The molecule has 3 aromatic heterocycles. The molecule has 2 N–H and O–H groups in total. The Kier molecular flexibility index (Phi) is 7.10. The van der Waals surface area contributed by atoms with Gasteiger partial charge in [0.05, 0.1) is 5.92 Å². The van der Waals surface area contributed by atoms with Gasteiger partial charge in [-0.15, -0.1) is 0 Å². The van der Waals surface area contributed by atoms with Crippen LogP contribution in [0.25, 0.3) is 11.4 Å². The minimum Gasteiger partial charge on any atom is -0.342 e. The summed E-state index contributed by atoms with van der Waals surface area (Å²) in [5.41, 5.74) is 2.46. The van der Waals surface area contributed by atoms with Crippen LogP contribution < -0.4 is 10.9 Å². The van der Waals surface area contributed by atoms with Crippen molar-refractivity contribution in [3.63, 3.8) is 0 Å². The van der Waals surface area contributed by atoms with Crippen LogP contribution in [-0.2, 0) is 16.0 Å². The molecule has 4 rings (SSSR count). The van der Waals surface area contributed by atoms with Gasteiger partial charge in [-0.1, -0.05) is 6.07 Å². The summed E-state index contributed by atoms with van der Waals surface area (Å²) < 4.78 is 0. The molecule has 9 nitrogen and oxygen atoms in total. The Bertz CT molecular complexity index is 1240. The average Bonchev–Trinajstić information content (AvgIpc) is 2.84. The van der Waals surface area contributed by atoms with E-state index in [1.165, 1.54) is 0 Å². The predicted molar refractivity (Wildman–Crippen MR) is 128 cm³/mol. The van der Waals surface area contributed by atoms with Crippen LogP contribution in [0, 0.1) is 19.8 Å². The van der Waals surface area contributed by atoms with E-state index in [1.54, 1.807) is 42.4 Å². The highest BCUT2D eigenvalue weighted by molar-refractivity contribution is 5.92. The number of hydrogen-bond donors (Lipinski definition) is 2. The first-order valence-electron chi connectivity index (χ1n) is 11.4. The molecule has 1 saturated heterocycles. The van der Waals surface area contributed by atoms with Crippen molar-refractivity contribution in [2.75, 3.05) is 18.4 Å². The molecular weight excluding hydrogens is 432 g/mol. The van der Waals surface area contributed by atoms with Crippen molar-refractivity contribution < 1.29 is 9.59 Å². The quantitative estimate of drug-likeness (QED) is 0.583. The van der Waals surface area contributed by atoms with Gasteiger partial charge in [0.25, 0.3) is 5.56 Å². The molecular formula is C25H28N6O3. The Morgan fingerprint density at radius 2 is 1.94 bits per heavy atom. The number of hydrogen-bond acceptors (Lipinski definition) is 6. The van der Waals surface area contributed by atoms with Gasteiger partial charge in [-0.25, -0.2) is 9.97 Å². The molecule has 0 spiro atoms. The number of nitrogens with zero attached hydrogens (tertiary/aromatic N) is 4. The highest BCUT2D eigenvalue weighted by atomic mass is 16.2. The molecule has 1 unspecified atom stereocenters. The smallest absolute Gasteiger partial charge is 0.254 e. The lowest BCUT2D eigenvalue weighted by molar-refractivity contribution is -0.134. The second-order valence-corrected chi connectivity index (χ2v) is 8.55. The Labute approximate surface area is 197 Å². The van der Waals surface area contributed by atoms with E-state index in [2.05, 4.69) is 25.3 Å². The van der Waals surface area contributed by atoms with Gasteiger partial charge in [-0.05, 0) is 57.4 Å². The number of anilines is 1. The molecule has 1 fully saturated rings. The molecule has 4 heterocycles. The highest BCUT2D eigenvalue weighted by Gasteiger charge is 2.28. The summed E-state index contributed by atoms with van der Waals surface area (Å²) in [6, 6.07) is 9.02. The molecule has 0 aliphatic carbocycles. The van der Waals surface area contributed by atoms with E-state index >= 15 is 0 Å². The molecule has 34 heavy (non-hydrogen) atoms. The van der Waals surface area contributed by atoms with Crippen molar-refractivity contribution in [1.82, 2.24) is 24.8 Å². The first-order chi connectivity index (χ1) is 16.4. The molecule has 0 radical (unpaired) electrons. The zero-order valence-electron chi connectivity index (χ0n) is 19.4. The van der Waals surface area contributed by atoms with Gasteiger partial charge in [0.2, 0.25) is 11.8 Å². The molecule has 3 aromatic rings. The summed E-state index contributed by atoms with van der Waals surface area (Å²) >= 11 is 0. The number of amides is 2. The van der Waals surface area contributed by atoms with Gasteiger partial charge in [0.1, 0.15) is 11.6 Å². The largest absolute Gasteiger partial charge is 0.342 e. The number of aromatic amines is 1. The first kappa shape index (κ1) is 23.3. The first-order valence-corrected chi connectivity index (χ1v) is 11.4. The van der Waals surface area contributed by atoms with Crippen molar-refractivity contribution in [3.05, 3.63) is 70.0 Å². The fourth-order valence-corrected chi connectivity index (χ4v) is 4.20. The normalized spacial score (nSPS) is 15.7. The van der Waals surface area contributed by atoms with Gasteiger partial charge in [0, 0.05) is 54.4 Å². The van der Waals surface area contributed by atoms with E-state index in [0.717, 1.165) is 24.1 Å². The minimum absolute atomic E-state index is 0.0665. The van der Waals surface area contributed by atoms with Crippen LogP contribution in [0.15, 0.2) is 47.5 Å². The second kappa shape index (κ2) is 10.4. The standard InChI is InChI=1S/C25H28N6O3/c1-16-5-3-7-21(27-16)29-24(33)19-6-4-14-31(15-19)22(32)9-8-20-17(2)28-23(30-25(20)34)18-10-12-26-13-11-18/h3,5,7,10-13,19H,4,6,8-9,14-15H2,1-2H3,(H,27,29,33)(H,28,30,34). The Morgan fingerprint density at radius 3 is 2.68 bits per heavy atom. The van der Waals surface area contributed by atoms with Crippen molar-refractivity contribution in [2.45, 2.75) is 39.5 Å². The van der Waals surface area contributed by atoms with Gasteiger partial charge >= 0.3 is 0 Å². The van der Waals surface area contributed by atoms with Gasteiger partial charge in [-0.2, -0.15) is 0 Å². The lowest BCUT2D eigenvalue weighted by Gasteiger charge is -2.32. The fourth-order valence-electron chi connectivity index (χ4n) is 4.20. The van der Waals surface area contributed by atoms with Crippen LogP contribution in [0.5, 0.6) is 0 Å². The SMILES string of the molecule is Cc1cccc(NC(=O)C2CCCN(C(=O)CCc3c(C)nc(-c4ccncc4)[nH]c3=O)C2)n1.